The van der Waals surface area contributed by atoms with Crippen LogP contribution in [-0.4, -0.2) is 55.1 Å². The van der Waals surface area contributed by atoms with Crippen LogP contribution < -0.4 is 16.0 Å². The summed E-state index contributed by atoms with van der Waals surface area (Å²) in [7, 11) is 2.13. The maximum atomic E-state index is 11.5. The smallest absolute Gasteiger partial charge is 0.236 e. The van der Waals surface area contributed by atoms with Crippen LogP contribution in [0.2, 0.25) is 0 Å². The highest BCUT2D eigenvalue weighted by atomic mass is 16.2. The van der Waals surface area contributed by atoms with Crippen molar-refractivity contribution in [3.63, 3.8) is 0 Å². The lowest BCUT2D eigenvalue weighted by Crippen LogP contribution is -2.44. The SMILES string of the molecule is C[C@@H](N)C(=O)NCc1ccnc(N2CCN(C)CC2)c1. The van der Waals surface area contributed by atoms with Gasteiger partial charge in [0, 0.05) is 38.9 Å². The van der Waals surface area contributed by atoms with E-state index in [-0.39, 0.29) is 5.91 Å². The van der Waals surface area contributed by atoms with Gasteiger partial charge in [0.15, 0.2) is 0 Å². The highest BCUT2D eigenvalue weighted by molar-refractivity contribution is 5.80. The van der Waals surface area contributed by atoms with Gasteiger partial charge in [0.05, 0.1) is 6.04 Å². The summed E-state index contributed by atoms with van der Waals surface area (Å²) in [6.07, 6.45) is 1.79. The molecule has 0 radical (unpaired) electrons. The number of nitrogens with zero attached hydrogens (tertiary/aromatic N) is 3. The number of likely N-dealkylation sites (N-methyl/N-ethyl adjacent to an activating group) is 1. The van der Waals surface area contributed by atoms with Crippen LogP contribution in [0.15, 0.2) is 18.3 Å². The summed E-state index contributed by atoms with van der Waals surface area (Å²) in [6, 6.07) is 3.47. The second-order valence-electron chi connectivity index (χ2n) is 5.32. The van der Waals surface area contributed by atoms with Crippen LogP contribution in [0, 0.1) is 0 Å². The lowest BCUT2D eigenvalue weighted by Gasteiger charge is -2.33. The number of hydrogen-bond acceptors (Lipinski definition) is 5. The van der Waals surface area contributed by atoms with E-state index in [0.717, 1.165) is 37.6 Å². The van der Waals surface area contributed by atoms with E-state index in [2.05, 4.69) is 27.1 Å². The molecule has 0 aliphatic carbocycles. The van der Waals surface area contributed by atoms with Crippen molar-refractivity contribution in [2.45, 2.75) is 19.5 Å². The van der Waals surface area contributed by atoms with Crippen LogP contribution >= 0.6 is 0 Å². The van der Waals surface area contributed by atoms with E-state index in [1.807, 2.05) is 12.1 Å². The van der Waals surface area contributed by atoms with Gasteiger partial charge in [-0.2, -0.15) is 0 Å². The number of nitrogens with two attached hydrogens (primary N) is 1. The lowest BCUT2D eigenvalue weighted by molar-refractivity contribution is -0.122. The molecule has 110 valence electrons. The van der Waals surface area contributed by atoms with E-state index >= 15 is 0 Å². The first-order chi connectivity index (χ1) is 9.56. The standard InChI is InChI=1S/C14H23N5O/c1-11(15)14(20)17-10-12-3-4-16-13(9-12)19-7-5-18(2)6-8-19/h3-4,9,11H,5-8,10,15H2,1-2H3,(H,17,20)/t11-/m1/s1. The number of nitrogens with one attached hydrogen (secondary N) is 1. The fourth-order valence-corrected chi connectivity index (χ4v) is 2.13. The first kappa shape index (κ1) is 14.7. The second kappa shape index (κ2) is 6.67. The Kier molecular flexibility index (Phi) is 4.92. The lowest BCUT2D eigenvalue weighted by atomic mass is 10.2. The number of aromatic nitrogens is 1. The Hall–Kier alpha value is -1.66. The Morgan fingerprint density at radius 1 is 1.45 bits per heavy atom. The van der Waals surface area contributed by atoms with Crippen molar-refractivity contribution < 1.29 is 4.79 Å². The molecule has 6 nitrogen and oxygen atoms in total. The molecule has 2 rings (SSSR count). The topological polar surface area (TPSA) is 74.5 Å². The van der Waals surface area contributed by atoms with Crippen LogP contribution in [0.3, 0.4) is 0 Å². The molecular weight excluding hydrogens is 254 g/mol. The number of anilines is 1. The predicted octanol–water partition coefficient (Wildman–Crippen LogP) is -0.203. The molecule has 1 aliphatic heterocycles. The third-order valence-corrected chi connectivity index (χ3v) is 3.52. The molecule has 3 N–H and O–H groups in total. The summed E-state index contributed by atoms with van der Waals surface area (Å²) < 4.78 is 0. The number of carbonyl (C=O) groups excluding carboxylic acids is 1. The van der Waals surface area contributed by atoms with Crippen LogP contribution in [0.5, 0.6) is 0 Å². The summed E-state index contributed by atoms with van der Waals surface area (Å²) >= 11 is 0. The van der Waals surface area contributed by atoms with Gasteiger partial charge < -0.3 is 20.9 Å². The quantitative estimate of drug-likeness (QED) is 0.797. The number of rotatable bonds is 4. The number of carbonyl (C=O) groups is 1. The molecule has 1 amide bonds. The molecule has 0 aromatic carbocycles. The van der Waals surface area contributed by atoms with Gasteiger partial charge in [0.1, 0.15) is 5.82 Å². The zero-order valence-electron chi connectivity index (χ0n) is 12.2. The molecule has 0 spiro atoms. The van der Waals surface area contributed by atoms with Gasteiger partial charge in [-0.25, -0.2) is 4.98 Å². The fourth-order valence-electron chi connectivity index (χ4n) is 2.13. The summed E-state index contributed by atoms with van der Waals surface area (Å²) in [5, 5.41) is 2.82. The van der Waals surface area contributed by atoms with Gasteiger partial charge >= 0.3 is 0 Å². The Bertz CT molecular complexity index is 455. The molecule has 0 saturated carbocycles. The van der Waals surface area contributed by atoms with Gasteiger partial charge in [0.25, 0.3) is 0 Å². The van der Waals surface area contributed by atoms with E-state index in [9.17, 15) is 4.79 Å². The minimum atomic E-state index is -0.478. The molecule has 2 heterocycles. The highest BCUT2D eigenvalue weighted by Gasteiger charge is 2.15. The average molecular weight is 277 g/mol. The molecule has 1 saturated heterocycles. The van der Waals surface area contributed by atoms with Gasteiger partial charge in [-0.3, -0.25) is 4.79 Å². The van der Waals surface area contributed by atoms with E-state index in [1.54, 1.807) is 13.1 Å². The third kappa shape index (κ3) is 3.91. The van der Waals surface area contributed by atoms with Crippen molar-refractivity contribution in [3.05, 3.63) is 23.9 Å². The Balaban J connectivity index is 1.95. The first-order valence-electron chi connectivity index (χ1n) is 6.98. The van der Waals surface area contributed by atoms with Crippen LogP contribution in [0.4, 0.5) is 5.82 Å². The van der Waals surface area contributed by atoms with Crippen LogP contribution in [0.1, 0.15) is 12.5 Å². The van der Waals surface area contributed by atoms with Crippen molar-refractivity contribution in [2.24, 2.45) is 5.73 Å². The summed E-state index contributed by atoms with van der Waals surface area (Å²) in [5.74, 6) is 0.841. The normalized spacial score (nSPS) is 17.9. The van der Waals surface area contributed by atoms with Crippen LogP contribution in [0.25, 0.3) is 0 Å². The molecule has 6 heteroatoms. The Morgan fingerprint density at radius 3 is 2.80 bits per heavy atom. The van der Waals surface area contributed by atoms with Gasteiger partial charge in [0.2, 0.25) is 5.91 Å². The number of pyridine rings is 1. The van der Waals surface area contributed by atoms with Crippen molar-refractivity contribution >= 4 is 11.7 Å². The van der Waals surface area contributed by atoms with Crippen molar-refractivity contribution in [1.29, 1.82) is 0 Å². The average Bonchev–Trinajstić information content (AvgIpc) is 2.45. The Labute approximate surface area is 120 Å². The molecule has 20 heavy (non-hydrogen) atoms. The second-order valence-corrected chi connectivity index (χ2v) is 5.32. The maximum absolute atomic E-state index is 11.5. The summed E-state index contributed by atoms with van der Waals surface area (Å²) in [5.41, 5.74) is 6.57. The predicted molar refractivity (Wildman–Crippen MR) is 79.4 cm³/mol. The number of hydrogen-bond donors (Lipinski definition) is 2. The zero-order valence-corrected chi connectivity index (χ0v) is 12.2. The van der Waals surface area contributed by atoms with Gasteiger partial charge in [-0.1, -0.05) is 0 Å². The number of amides is 1. The molecule has 1 aromatic rings. The van der Waals surface area contributed by atoms with Gasteiger partial charge in [-0.15, -0.1) is 0 Å². The minimum Gasteiger partial charge on any atom is -0.354 e. The Morgan fingerprint density at radius 2 is 2.15 bits per heavy atom. The maximum Gasteiger partial charge on any atom is 0.236 e. The van der Waals surface area contributed by atoms with Crippen molar-refractivity contribution in [3.8, 4) is 0 Å². The van der Waals surface area contributed by atoms with Gasteiger partial charge in [-0.05, 0) is 31.7 Å². The van der Waals surface area contributed by atoms with Crippen LogP contribution in [-0.2, 0) is 11.3 Å². The van der Waals surface area contributed by atoms with E-state index < -0.39 is 6.04 Å². The zero-order chi connectivity index (χ0) is 14.5. The molecular formula is C14H23N5O. The molecule has 1 aliphatic rings. The monoisotopic (exact) mass is 277 g/mol. The molecule has 1 aromatic heterocycles. The largest absolute Gasteiger partial charge is 0.354 e. The minimum absolute atomic E-state index is 0.136. The number of piperazine rings is 1. The molecule has 1 atom stereocenters. The van der Waals surface area contributed by atoms with Crippen molar-refractivity contribution in [2.75, 3.05) is 38.1 Å². The van der Waals surface area contributed by atoms with E-state index in [0.29, 0.717) is 6.54 Å². The van der Waals surface area contributed by atoms with E-state index in [1.165, 1.54) is 0 Å². The highest BCUT2D eigenvalue weighted by Crippen LogP contribution is 2.14. The first-order valence-corrected chi connectivity index (χ1v) is 6.98. The van der Waals surface area contributed by atoms with E-state index in [4.69, 9.17) is 5.73 Å². The fraction of sp³-hybridized carbons (Fsp3) is 0.571. The summed E-state index contributed by atoms with van der Waals surface area (Å²) in [6.45, 7) is 6.24. The molecule has 0 bridgehead atoms. The third-order valence-electron chi connectivity index (χ3n) is 3.52. The van der Waals surface area contributed by atoms with Crippen molar-refractivity contribution in [1.82, 2.24) is 15.2 Å². The summed E-state index contributed by atoms with van der Waals surface area (Å²) in [4.78, 5) is 20.5. The molecule has 0 unspecified atom stereocenters. The molecule has 1 fully saturated rings.